The van der Waals surface area contributed by atoms with Gasteiger partial charge in [-0.25, -0.2) is 0 Å². The van der Waals surface area contributed by atoms with Crippen molar-refractivity contribution in [3.05, 3.63) is 64.7 Å². The summed E-state index contributed by atoms with van der Waals surface area (Å²) in [6.45, 7) is -0.107. The van der Waals surface area contributed by atoms with Crippen molar-refractivity contribution < 1.29 is 5.11 Å². The van der Waals surface area contributed by atoms with Gasteiger partial charge in [-0.1, -0.05) is 47.7 Å². The Morgan fingerprint density at radius 1 is 1.05 bits per heavy atom. The molecule has 1 nitrogen and oxygen atoms in total. The lowest BCUT2D eigenvalue weighted by Gasteiger charge is -2.04. The zero-order chi connectivity index (χ0) is 13.5. The van der Waals surface area contributed by atoms with E-state index in [9.17, 15) is 0 Å². The van der Waals surface area contributed by atoms with E-state index in [1.807, 2.05) is 48.5 Å². The molecule has 0 radical (unpaired) electrons. The molecule has 0 unspecified atom stereocenters. The lowest BCUT2D eigenvalue weighted by Crippen LogP contribution is -1.83. The second-order valence-electron chi connectivity index (χ2n) is 3.88. The average Bonchev–Trinajstić information content (AvgIpc) is 2.45. The van der Waals surface area contributed by atoms with E-state index < -0.39 is 0 Å². The van der Waals surface area contributed by atoms with Crippen LogP contribution in [0.15, 0.2) is 53.4 Å². The fraction of sp³-hybridized carbons (Fsp3) is 0.125. The van der Waals surface area contributed by atoms with Crippen molar-refractivity contribution in [1.82, 2.24) is 0 Å². The van der Waals surface area contributed by atoms with Gasteiger partial charge in [-0.05, 0) is 29.8 Å². The van der Waals surface area contributed by atoms with Crippen molar-refractivity contribution in [3.8, 4) is 11.8 Å². The van der Waals surface area contributed by atoms with E-state index in [-0.39, 0.29) is 6.61 Å². The van der Waals surface area contributed by atoms with Crippen LogP contribution in [0.1, 0.15) is 11.1 Å². The summed E-state index contributed by atoms with van der Waals surface area (Å²) in [5, 5.41) is 9.42. The normalized spacial score (nSPS) is 9.79. The molecule has 0 aromatic heterocycles. The van der Waals surface area contributed by atoms with Gasteiger partial charge in [0.1, 0.15) is 6.61 Å². The number of thioether (sulfide) groups is 1. The van der Waals surface area contributed by atoms with Crippen molar-refractivity contribution in [2.75, 3.05) is 6.61 Å². The minimum atomic E-state index is -0.107. The molecule has 0 saturated carbocycles. The van der Waals surface area contributed by atoms with Gasteiger partial charge in [0.15, 0.2) is 0 Å². The Labute approximate surface area is 122 Å². The van der Waals surface area contributed by atoms with E-state index in [2.05, 4.69) is 11.8 Å². The van der Waals surface area contributed by atoms with E-state index in [1.165, 1.54) is 5.56 Å². The first-order valence-electron chi connectivity index (χ1n) is 5.85. The van der Waals surface area contributed by atoms with Crippen molar-refractivity contribution >= 4 is 23.4 Å². The molecular formula is C16H13ClOS. The monoisotopic (exact) mass is 288 g/mol. The molecule has 96 valence electrons. The molecule has 0 aliphatic carbocycles. The molecule has 0 atom stereocenters. The van der Waals surface area contributed by atoms with E-state index in [1.54, 1.807) is 11.8 Å². The van der Waals surface area contributed by atoms with Gasteiger partial charge in [0, 0.05) is 16.2 Å². The Bertz CT molecular complexity index is 596. The van der Waals surface area contributed by atoms with E-state index >= 15 is 0 Å². The second kappa shape index (κ2) is 7.25. The second-order valence-corrected chi connectivity index (χ2v) is 5.30. The summed E-state index contributed by atoms with van der Waals surface area (Å²) < 4.78 is 0. The summed E-state index contributed by atoms with van der Waals surface area (Å²) >= 11 is 7.83. The van der Waals surface area contributed by atoms with E-state index in [4.69, 9.17) is 16.7 Å². The smallest absolute Gasteiger partial charge is 0.104 e. The molecule has 2 aromatic rings. The van der Waals surface area contributed by atoms with Crippen LogP contribution in [-0.4, -0.2) is 11.7 Å². The summed E-state index contributed by atoms with van der Waals surface area (Å²) in [4.78, 5) is 1.09. The maximum Gasteiger partial charge on any atom is 0.104 e. The highest BCUT2D eigenvalue weighted by Gasteiger charge is 2.00. The first kappa shape index (κ1) is 14.0. The Kier molecular flexibility index (Phi) is 5.35. The molecule has 0 bridgehead atoms. The highest BCUT2D eigenvalue weighted by Crippen LogP contribution is 2.29. The fourth-order valence-electron chi connectivity index (χ4n) is 1.55. The van der Waals surface area contributed by atoms with Crippen LogP contribution in [0.25, 0.3) is 0 Å². The SMILES string of the molecule is OCC#Cc1ccc(CSc2ccccc2Cl)cc1. The minimum Gasteiger partial charge on any atom is -0.384 e. The summed E-state index contributed by atoms with van der Waals surface area (Å²) in [7, 11) is 0. The third-order valence-corrected chi connectivity index (χ3v) is 4.08. The number of hydrogen-bond acceptors (Lipinski definition) is 2. The molecule has 0 aliphatic heterocycles. The van der Waals surface area contributed by atoms with Crippen LogP contribution in [0.5, 0.6) is 0 Å². The summed E-state index contributed by atoms with van der Waals surface area (Å²) in [6, 6.07) is 15.9. The van der Waals surface area contributed by atoms with Crippen molar-refractivity contribution in [2.45, 2.75) is 10.6 Å². The number of aliphatic hydroxyl groups excluding tert-OH is 1. The number of benzene rings is 2. The Morgan fingerprint density at radius 3 is 2.47 bits per heavy atom. The van der Waals surface area contributed by atoms with Gasteiger partial charge < -0.3 is 5.11 Å². The maximum absolute atomic E-state index is 8.63. The highest BCUT2D eigenvalue weighted by molar-refractivity contribution is 7.98. The molecule has 0 fully saturated rings. The molecule has 0 amide bonds. The minimum absolute atomic E-state index is 0.107. The Morgan fingerprint density at radius 2 is 1.79 bits per heavy atom. The van der Waals surface area contributed by atoms with Crippen LogP contribution in [0.2, 0.25) is 5.02 Å². The highest BCUT2D eigenvalue weighted by atomic mass is 35.5. The molecule has 0 aliphatic rings. The van der Waals surface area contributed by atoms with Gasteiger partial charge in [0.05, 0.1) is 5.02 Å². The molecule has 2 aromatic carbocycles. The molecule has 3 heteroatoms. The first-order valence-corrected chi connectivity index (χ1v) is 7.22. The van der Waals surface area contributed by atoms with E-state index in [0.29, 0.717) is 0 Å². The number of aliphatic hydroxyl groups is 1. The van der Waals surface area contributed by atoms with Crippen LogP contribution in [-0.2, 0) is 5.75 Å². The Hall–Kier alpha value is -1.40. The average molecular weight is 289 g/mol. The molecule has 19 heavy (non-hydrogen) atoms. The molecule has 2 rings (SSSR count). The topological polar surface area (TPSA) is 20.2 Å². The largest absolute Gasteiger partial charge is 0.384 e. The summed E-state index contributed by atoms with van der Waals surface area (Å²) in [5.74, 6) is 6.38. The standard InChI is InChI=1S/C16H13ClOS/c17-15-5-1-2-6-16(15)19-12-14-9-7-13(8-10-14)4-3-11-18/h1-2,5-10,18H,11-12H2. The van der Waals surface area contributed by atoms with Gasteiger partial charge >= 0.3 is 0 Å². The summed E-state index contributed by atoms with van der Waals surface area (Å²) in [5.41, 5.74) is 2.14. The molecule has 1 N–H and O–H groups in total. The fourth-order valence-corrected chi connectivity index (χ4v) is 2.74. The van der Waals surface area contributed by atoms with Crippen molar-refractivity contribution in [1.29, 1.82) is 0 Å². The summed E-state index contributed by atoms with van der Waals surface area (Å²) in [6.07, 6.45) is 0. The number of hydrogen-bond donors (Lipinski definition) is 1. The van der Waals surface area contributed by atoms with Crippen LogP contribution in [0.3, 0.4) is 0 Å². The molecule has 0 saturated heterocycles. The van der Waals surface area contributed by atoms with Crippen molar-refractivity contribution in [2.24, 2.45) is 0 Å². The lowest BCUT2D eigenvalue weighted by atomic mass is 10.1. The van der Waals surface area contributed by atoms with Crippen LogP contribution < -0.4 is 0 Å². The Balaban J connectivity index is 1.99. The van der Waals surface area contributed by atoms with Gasteiger partial charge in [-0.2, -0.15) is 0 Å². The molecule has 0 spiro atoms. The van der Waals surface area contributed by atoms with Gasteiger partial charge in [0.25, 0.3) is 0 Å². The molecular weight excluding hydrogens is 276 g/mol. The predicted molar refractivity (Wildman–Crippen MR) is 81.4 cm³/mol. The number of rotatable bonds is 3. The zero-order valence-corrected chi connectivity index (χ0v) is 11.8. The third kappa shape index (κ3) is 4.33. The van der Waals surface area contributed by atoms with Gasteiger partial charge in [0.2, 0.25) is 0 Å². The first-order chi connectivity index (χ1) is 9.29. The van der Waals surface area contributed by atoms with Crippen LogP contribution >= 0.6 is 23.4 Å². The van der Waals surface area contributed by atoms with Crippen LogP contribution in [0.4, 0.5) is 0 Å². The lowest BCUT2D eigenvalue weighted by molar-refractivity contribution is 0.350. The van der Waals surface area contributed by atoms with Crippen LogP contribution in [0, 0.1) is 11.8 Å². The zero-order valence-electron chi connectivity index (χ0n) is 10.3. The van der Waals surface area contributed by atoms with E-state index in [0.717, 1.165) is 21.2 Å². The number of halogens is 1. The van der Waals surface area contributed by atoms with Gasteiger partial charge in [-0.3, -0.25) is 0 Å². The van der Waals surface area contributed by atoms with Gasteiger partial charge in [-0.15, -0.1) is 11.8 Å². The molecule has 0 heterocycles. The quantitative estimate of drug-likeness (QED) is 0.681. The third-order valence-electron chi connectivity index (χ3n) is 2.50. The maximum atomic E-state index is 8.63. The predicted octanol–water partition coefficient (Wildman–Crippen LogP) is 3.98. The van der Waals surface area contributed by atoms with Crippen molar-refractivity contribution in [3.63, 3.8) is 0 Å².